The Kier molecular flexibility index (Phi) is 9.59. The quantitative estimate of drug-likeness (QED) is 0.469. The maximum atomic E-state index is 13.2. The molecule has 3 N–H and O–H groups in total. The number of hydrogen-bond donors (Lipinski definition) is 2. The zero-order valence-corrected chi connectivity index (χ0v) is 21.9. The van der Waals surface area contributed by atoms with Crippen LogP contribution in [0.3, 0.4) is 0 Å². The van der Waals surface area contributed by atoms with E-state index in [0.29, 0.717) is 31.6 Å². The molecule has 0 radical (unpaired) electrons. The maximum Gasteiger partial charge on any atom is 0.253 e. The number of nitrogens with one attached hydrogen (secondary N) is 1. The van der Waals surface area contributed by atoms with E-state index in [4.69, 9.17) is 16.7 Å². The number of nitrogens with two attached hydrogens (primary N) is 1. The molecule has 33 heavy (non-hydrogen) atoms. The fraction of sp³-hybridized carbons (Fsp3) is 0.579. The first-order valence-corrected chi connectivity index (χ1v) is 14.9. The summed E-state index contributed by atoms with van der Waals surface area (Å²) >= 11 is 7.64. The number of carbonyl (C=O) groups excluding carboxylic acids is 2. The first-order valence-electron chi connectivity index (χ1n) is 10.1. The van der Waals surface area contributed by atoms with Crippen LogP contribution in [0.2, 0.25) is 5.02 Å². The second kappa shape index (κ2) is 11.4. The van der Waals surface area contributed by atoms with Crippen molar-refractivity contribution in [2.45, 2.75) is 35.4 Å². The van der Waals surface area contributed by atoms with Gasteiger partial charge in [-0.15, -0.1) is 0 Å². The van der Waals surface area contributed by atoms with Crippen LogP contribution in [0.15, 0.2) is 23.1 Å². The highest BCUT2D eigenvalue weighted by molar-refractivity contribution is 7.98. The summed E-state index contributed by atoms with van der Waals surface area (Å²) in [6.45, 7) is 0.314. The van der Waals surface area contributed by atoms with E-state index in [0.717, 1.165) is 4.31 Å². The number of benzene rings is 1. The molecule has 2 rings (SSSR count). The Morgan fingerprint density at radius 3 is 2.55 bits per heavy atom. The third-order valence-corrected chi connectivity index (χ3v) is 9.43. The molecular formula is C19H29ClN4O6S3. The number of likely N-dealkylation sites (tertiary alicyclic amines) is 1. The lowest BCUT2D eigenvalue weighted by Crippen LogP contribution is -2.54. The average Bonchev–Trinajstić information content (AvgIpc) is 2.75. The van der Waals surface area contributed by atoms with Crippen LogP contribution in [0.1, 0.15) is 29.6 Å². The normalized spacial score (nSPS) is 18.2. The van der Waals surface area contributed by atoms with Crippen molar-refractivity contribution >= 4 is 55.2 Å². The number of thioether (sulfide) groups is 1. The molecule has 2 unspecified atom stereocenters. The summed E-state index contributed by atoms with van der Waals surface area (Å²) in [5.74, 6) is -0.555. The zero-order valence-electron chi connectivity index (χ0n) is 18.7. The monoisotopic (exact) mass is 540 g/mol. The summed E-state index contributed by atoms with van der Waals surface area (Å²) in [7, 11) is -4.86. The Balaban J connectivity index is 2.28. The minimum absolute atomic E-state index is 0.0357. The van der Waals surface area contributed by atoms with Crippen LogP contribution >= 0.6 is 23.4 Å². The van der Waals surface area contributed by atoms with Crippen LogP contribution in [0.4, 0.5) is 0 Å². The van der Waals surface area contributed by atoms with E-state index >= 15 is 0 Å². The van der Waals surface area contributed by atoms with Crippen LogP contribution in [0.5, 0.6) is 0 Å². The molecule has 1 aromatic rings. The largest absolute Gasteiger partial charge is 0.340 e. The van der Waals surface area contributed by atoms with E-state index in [1.54, 1.807) is 0 Å². The van der Waals surface area contributed by atoms with Gasteiger partial charge in [0.25, 0.3) is 5.91 Å². The molecule has 1 aliphatic rings. The summed E-state index contributed by atoms with van der Waals surface area (Å²) in [5, 5.41) is 7.10. The van der Waals surface area contributed by atoms with Gasteiger partial charge in [-0.05, 0) is 49.5 Å². The molecule has 1 heterocycles. The van der Waals surface area contributed by atoms with Crippen molar-refractivity contribution in [3.8, 4) is 0 Å². The molecule has 0 spiro atoms. The van der Waals surface area contributed by atoms with E-state index in [9.17, 15) is 26.4 Å². The second-order valence-corrected chi connectivity index (χ2v) is 13.3. The molecule has 10 nitrogen and oxygen atoms in total. The second-order valence-electron chi connectivity index (χ2n) is 7.87. The first kappa shape index (κ1) is 27.9. The minimum Gasteiger partial charge on any atom is -0.340 e. The molecule has 2 atom stereocenters. The van der Waals surface area contributed by atoms with Crippen LogP contribution in [-0.4, -0.2) is 88.3 Å². The van der Waals surface area contributed by atoms with E-state index in [-0.39, 0.29) is 22.0 Å². The number of piperidine rings is 1. The first-order chi connectivity index (χ1) is 15.3. The van der Waals surface area contributed by atoms with Crippen LogP contribution in [-0.2, 0) is 24.8 Å². The highest BCUT2D eigenvalue weighted by Crippen LogP contribution is 2.23. The summed E-state index contributed by atoms with van der Waals surface area (Å²) in [6.07, 6.45) is 3.00. The Hall–Kier alpha value is -1.38. The van der Waals surface area contributed by atoms with E-state index in [2.05, 4.69) is 5.32 Å². The topological polar surface area (TPSA) is 147 Å². The van der Waals surface area contributed by atoms with Gasteiger partial charge >= 0.3 is 0 Å². The number of hydrogen-bond acceptors (Lipinski definition) is 7. The standard InChI is InChI=1S/C19H29ClN4O6S3/c1-23(2)33(29,30)13-6-7-16(20)15(11-13)18(25)22-17(8-10-31-3)19(26)24-9-4-5-14(12-24)32(21,27)28/h6-7,11,14,17H,4-5,8-10,12H2,1-3H3,(H,22,25)(H2,21,27,28). The molecule has 186 valence electrons. The molecule has 0 aliphatic carbocycles. The number of primary sulfonamides is 1. The molecule has 1 saturated heterocycles. The van der Waals surface area contributed by atoms with Crippen molar-refractivity contribution in [1.82, 2.24) is 14.5 Å². The highest BCUT2D eigenvalue weighted by Gasteiger charge is 2.34. The molecule has 1 aliphatic heterocycles. The van der Waals surface area contributed by atoms with Crippen molar-refractivity contribution in [2.24, 2.45) is 5.14 Å². The van der Waals surface area contributed by atoms with Gasteiger partial charge in [0.2, 0.25) is 26.0 Å². The SMILES string of the molecule is CSCCC(NC(=O)c1cc(S(=O)(=O)N(C)C)ccc1Cl)C(=O)N1CCCC(S(N)(=O)=O)C1. The van der Waals surface area contributed by atoms with Gasteiger partial charge in [-0.2, -0.15) is 11.8 Å². The Morgan fingerprint density at radius 2 is 1.97 bits per heavy atom. The lowest BCUT2D eigenvalue weighted by molar-refractivity contribution is -0.134. The minimum atomic E-state index is -3.80. The molecule has 0 aromatic heterocycles. The fourth-order valence-corrected chi connectivity index (χ4v) is 5.89. The smallest absolute Gasteiger partial charge is 0.253 e. The Bertz CT molecular complexity index is 1090. The van der Waals surface area contributed by atoms with Gasteiger partial charge in [0.05, 0.1) is 20.7 Å². The predicted octanol–water partition coefficient (Wildman–Crippen LogP) is 0.721. The molecule has 0 saturated carbocycles. The summed E-state index contributed by atoms with van der Waals surface area (Å²) in [4.78, 5) is 27.5. The van der Waals surface area contributed by atoms with E-state index < -0.39 is 43.2 Å². The highest BCUT2D eigenvalue weighted by atomic mass is 35.5. The third-order valence-electron chi connectivity index (χ3n) is 5.33. The Labute approximate surface area is 204 Å². The number of amides is 2. The Morgan fingerprint density at radius 1 is 1.30 bits per heavy atom. The van der Waals surface area contributed by atoms with Gasteiger partial charge < -0.3 is 10.2 Å². The van der Waals surface area contributed by atoms with Crippen molar-refractivity contribution < 1.29 is 26.4 Å². The van der Waals surface area contributed by atoms with Crippen molar-refractivity contribution in [3.63, 3.8) is 0 Å². The van der Waals surface area contributed by atoms with Crippen molar-refractivity contribution in [1.29, 1.82) is 0 Å². The number of halogens is 1. The molecule has 2 amide bonds. The van der Waals surface area contributed by atoms with Gasteiger partial charge in [-0.3, -0.25) is 9.59 Å². The number of sulfonamides is 2. The van der Waals surface area contributed by atoms with Gasteiger partial charge in [0, 0.05) is 27.2 Å². The van der Waals surface area contributed by atoms with Gasteiger partial charge in [-0.1, -0.05) is 11.6 Å². The number of nitrogens with zero attached hydrogens (tertiary/aromatic N) is 2. The number of rotatable bonds is 9. The average molecular weight is 541 g/mol. The molecule has 0 bridgehead atoms. The summed E-state index contributed by atoms with van der Waals surface area (Å²) in [6, 6.07) is 2.84. The van der Waals surface area contributed by atoms with E-state index in [1.165, 1.54) is 49.0 Å². The van der Waals surface area contributed by atoms with Gasteiger partial charge in [0.1, 0.15) is 6.04 Å². The van der Waals surface area contributed by atoms with Crippen molar-refractivity contribution in [3.05, 3.63) is 28.8 Å². The zero-order chi connectivity index (χ0) is 25.0. The lowest BCUT2D eigenvalue weighted by atomic mass is 10.1. The van der Waals surface area contributed by atoms with Gasteiger partial charge in [-0.25, -0.2) is 26.3 Å². The number of carbonyl (C=O) groups is 2. The summed E-state index contributed by atoms with van der Waals surface area (Å²) < 4.78 is 49.4. The van der Waals surface area contributed by atoms with Crippen LogP contribution < -0.4 is 10.5 Å². The molecule has 1 aromatic carbocycles. The predicted molar refractivity (Wildman–Crippen MR) is 129 cm³/mol. The molecule has 1 fully saturated rings. The maximum absolute atomic E-state index is 13.2. The van der Waals surface area contributed by atoms with Crippen LogP contribution in [0.25, 0.3) is 0 Å². The molecule has 14 heteroatoms. The fourth-order valence-electron chi connectivity index (χ4n) is 3.41. The van der Waals surface area contributed by atoms with Gasteiger partial charge in [0.15, 0.2) is 0 Å². The lowest BCUT2D eigenvalue weighted by Gasteiger charge is -2.34. The summed E-state index contributed by atoms with van der Waals surface area (Å²) in [5.41, 5.74) is -0.0809. The van der Waals surface area contributed by atoms with Crippen molar-refractivity contribution in [2.75, 3.05) is 39.2 Å². The third kappa shape index (κ3) is 7.06. The van der Waals surface area contributed by atoms with Crippen LogP contribution in [0, 0.1) is 0 Å². The molecular weight excluding hydrogens is 512 g/mol. The van der Waals surface area contributed by atoms with E-state index in [1.807, 2.05) is 6.26 Å².